The summed E-state index contributed by atoms with van der Waals surface area (Å²) in [6.45, 7) is 3.95. The summed E-state index contributed by atoms with van der Waals surface area (Å²) in [5.74, 6) is 2.68. The predicted octanol–water partition coefficient (Wildman–Crippen LogP) is 1.85. The van der Waals surface area contributed by atoms with Crippen LogP contribution in [0.2, 0.25) is 0 Å². The minimum absolute atomic E-state index is 0.108. The summed E-state index contributed by atoms with van der Waals surface area (Å²) in [5.41, 5.74) is 6.93. The Balaban J connectivity index is 2.53. The molecule has 0 bridgehead atoms. The van der Waals surface area contributed by atoms with E-state index in [1.54, 1.807) is 0 Å². The highest BCUT2D eigenvalue weighted by Gasteiger charge is 2.16. The van der Waals surface area contributed by atoms with Crippen LogP contribution < -0.4 is 11.1 Å². The van der Waals surface area contributed by atoms with Gasteiger partial charge in [0.25, 0.3) is 0 Å². The Kier molecular flexibility index (Phi) is 5.41. The van der Waals surface area contributed by atoms with Gasteiger partial charge in [0.1, 0.15) is 0 Å². The maximum absolute atomic E-state index is 11.8. The van der Waals surface area contributed by atoms with Gasteiger partial charge in [-0.15, -0.1) is 6.42 Å². The number of amides is 1. The number of nitrogens with two attached hydrogens (primary N) is 1. The van der Waals surface area contributed by atoms with Gasteiger partial charge >= 0.3 is 0 Å². The van der Waals surface area contributed by atoms with Gasteiger partial charge in [-0.25, -0.2) is 0 Å². The minimum atomic E-state index is -0.295. The molecule has 3 heteroatoms. The van der Waals surface area contributed by atoms with E-state index in [1.165, 1.54) is 0 Å². The van der Waals surface area contributed by atoms with Crippen molar-refractivity contribution in [2.75, 3.05) is 0 Å². The summed E-state index contributed by atoms with van der Waals surface area (Å²) in [5, 5.41) is 2.81. The van der Waals surface area contributed by atoms with E-state index in [2.05, 4.69) is 11.2 Å². The van der Waals surface area contributed by atoms with Crippen LogP contribution in [0.1, 0.15) is 31.9 Å². The van der Waals surface area contributed by atoms with Crippen LogP contribution in [0, 0.1) is 18.3 Å². The zero-order valence-corrected chi connectivity index (χ0v) is 10.9. The van der Waals surface area contributed by atoms with E-state index in [1.807, 2.05) is 44.2 Å². The molecule has 0 radical (unpaired) electrons. The summed E-state index contributed by atoms with van der Waals surface area (Å²) < 4.78 is 0. The van der Waals surface area contributed by atoms with Gasteiger partial charge < -0.3 is 11.1 Å². The molecule has 0 aliphatic rings. The SMILES string of the molecule is C#CC(NC(=O)CC(N)c1ccccc1)C(C)C. The maximum atomic E-state index is 11.8. The average molecular weight is 244 g/mol. The molecule has 0 aliphatic carbocycles. The molecule has 2 unspecified atom stereocenters. The molecule has 0 aromatic heterocycles. The fraction of sp³-hybridized carbons (Fsp3) is 0.400. The molecule has 0 fully saturated rings. The molecule has 1 aromatic rings. The van der Waals surface area contributed by atoms with Gasteiger partial charge in [-0.2, -0.15) is 0 Å². The highest BCUT2D eigenvalue weighted by Crippen LogP contribution is 2.13. The number of carbonyl (C=O) groups is 1. The zero-order valence-electron chi connectivity index (χ0n) is 10.9. The van der Waals surface area contributed by atoms with Crippen molar-refractivity contribution < 1.29 is 4.79 Å². The first-order valence-electron chi connectivity index (χ1n) is 6.10. The van der Waals surface area contributed by atoms with Crippen LogP contribution in [0.15, 0.2) is 30.3 Å². The van der Waals surface area contributed by atoms with Crippen molar-refractivity contribution in [3.05, 3.63) is 35.9 Å². The van der Waals surface area contributed by atoms with Crippen LogP contribution in [0.3, 0.4) is 0 Å². The molecule has 0 heterocycles. The van der Waals surface area contributed by atoms with E-state index in [0.29, 0.717) is 0 Å². The van der Waals surface area contributed by atoms with Crippen LogP contribution in [0.4, 0.5) is 0 Å². The fourth-order valence-electron chi connectivity index (χ4n) is 1.65. The van der Waals surface area contributed by atoms with Crippen molar-refractivity contribution in [3.63, 3.8) is 0 Å². The molecule has 1 amide bonds. The third kappa shape index (κ3) is 4.23. The van der Waals surface area contributed by atoms with E-state index in [0.717, 1.165) is 5.56 Å². The molecule has 0 aliphatic heterocycles. The highest BCUT2D eigenvalue weighted by molar-refractivity contribution is 5.77. The Morgan fingerprint density at radius 2 is 2.00 bits per heavy atom. The van der Waals surface area contributed by atoms with Gasteiger partial charge in [0.2, 0.25) is 5.91 Å². The number of hydrogen-bond acceptors (Lipinski definition) is 2. The third-order valence-electron chi connectivity index (χ3n) is 2.80. The van der Waals surface area contributed by atoms with E-state index < -0.39 is 0 Å². The Morgan fingerprint density at radius 1 is 1.39 bits per heavy atom. The maximum Gasteiger partial charge on any atom is 0.222 e. The summed E-state index contributed by atoms with van der Waals surface area (Å²) in [6.07, 6.45) is 5.61. The quantitative estimate of drug-likeness (QED) is 0.777. The molecule has 96 valence electrons. The number of terminal acetylenes is 1. The first kappa shape index (κ1) is 14.3. The molecule has 2 atom stereocenters. The van der Waals surface area contributed by atoms with Gasteiger partial charge in [0.15, 0.2) is 0 Å². The van der Waals surface area contributed by atoms with Crippen molar-refractivity contribution in [1.29, 1.82) is 0 Å². The topological polar surface area (TPSA) is 55.1 Å². The molecule has 1 rings (SSSR count). The van der Waals surface area contributed by atoms with Crippen molar-refractivity contribution in [2.24, 2.45) is 11.7 Å². The van der Waals surface area contributed by atoms with Crippen LogP contribution in [-0.4, -0.2) is 11.9 Å². The molecule has 1 aromatic carbocycles. The van der Waals surface area contributed by atoms with Gasteiger partial charge in [-0.05, 0) is 11.5 Å². The zero-order chi connectivity index (χ0) is 13.5. The first-order chi connectivity index (χ1) is 8.54. The monoisotopic (exact) mass is 244 g/mol. The normalized spacial score (nSPS) is 13.7. The van der Waals surface area contributed by atoms with Gasteiger partial charge in [0.05, 0.1) is 6.04 Å². The van der Waals surface area contributed by atoms with Gasteiger partial charge in [0, 0.05) is 12.5 Å². The molecule has 0 spiro atoms. The molecule has 0 saturated carbocycles. The number of nitrogens with one attached hydrogen (secondary N) is 1. The lowest BCUT2D eigenvalue weighted by Crippen LogP contribution is -2.38. The van der Waals surface area contributed by atoms with E-state index in [-0.39, 0.29) is 30.3 Å². The van der Waals surface area contributed by atoms with Gasteiger partial charge in [-0.3, -0.25) is 4.79 Å². The van der Waals surface area contributed by atoms with Gasteiger partial charge in [-0.1, -0.05) is 50.1 Å². The number of carbonyl (C=O) groups excluding carboxylic acids is 1. The molecule has 3 nitrogen and oxygen atoms in total. The second-order valence-electron chi connectivity index (χ2n) is 4.68. The predicted molar refractivity (Wildman–Crippen MR) is 73.6 cm³/mol. The van der Waals surface area contributed by atoms with Crippen molar-refractivity contribution in [1.82, 2.24) is 5.32 Å². The molecule has 18 heavy (non-hydrogen) atoms. The largest absolute Gasteiger partial charge is 0.342 e. The van der Waals surface area contributed by atoms with Crippen LogP contribution in [0.25, 0.3) is 0 Å². The Morgan fingerprint density at radius 3 is 2.50 bits per heavy atom. The van der Waals surface area contributed by atoms with Crippen LogP contribution in [-0.2, 0) is 4.79 Å². The number of rotatable bonds is 5. The smallest absolute Gasteiger partial charge is 0.222 e. The number of hydrogen-bond donors (Lipinski definition) is 2. The summed E-state index contributed by atoms with van der Waals surface area (Å²) >= 11 is 0. The van der Waals surface area contributed by atoms with Crippen molar-refractivity contribution >= 4 is 5.91 Å². The second kappa shape index (κ2) is 6.83. The summed E-state index contributed by atoms with van der Waals surface area (Å²) in [7, 11) is 0. The van der Waals surface area contributed by atoms with E-state index in [9.17, 15) is 4.79 Å². The fourth-order valence-corrected chi connectivity index (χ4v) is 1.65. The third-order valence-corrected chi connectivity index (χ3v) is 2.80. The van der Waals surface area contributed by atoms with Crippen LogP contribution >= 0.6 is 0 Å². The molecule has 3 N–H and O–H groups in total. The summed E-state index contributed by atoms with van der Waals surface area (Å²) in [6, 6.07) is 9.04. The Bertz CT molecular complexity index is 420. The molecular formula is C15H20N2O. The molecular weight excluding hydrogens is 224 g/mol. The lowest BCUT2D eigenvalue weighted by atomic mass is 10.0. The minimum Gasteiger partial charge on any atom is -0.342 e. The lowest BCUT2D eigenvalue weighted by Gasteiger charge is -2.18. The molecule has 0 saturated heterocycles. The van der Waals surface area contributed by atoms with Crippen molar-refractivity contribution in [2.45, 2.75) is 32.4 Å². The van der Waals surface area contributed by atoms with Crippen molar-refractivity contribution in [3.8, 4) is 12.3 Å². The summed E-state index contributed by atoms with van der Waals surface area (Å²) in [4.78, 5) is 11.8. The van der Waals surface area contributed by atoms with E-state index in [4.69, 9.17) is 12.2 Å². The standard InChI is InChI=1S/C15H20N2O/c1-4-14(11(2)3)17-15(18)10-13(16)12-8-6-5-7-9-12/h1,5-9,11,13-14H,10,16H2,2-3H3,(H,17,18). The first-order valence-corrected chi connectivity index (χ1v) is 6.10. The lowest BCUT2D eigenvalue weighted by molar-refractivity contribution is -0.122. The van der Waals surface area contributed by atoms with Crippen LogP contribution in [0.5, 0.6) is 0 Å². The Labute approximate surface area is 109 Å². The van der Waals surface area contributed by atoms with E-state index >= 15 is 0 Å². The number of benzene rings is 1. The Hall–Kier alpha value is -1.79. The average Bonchev–Trinajstić information content (AvgIpc) is 2.36. The highest BCUT2D eigenvalue weighted by atomic mass is 16.1. The second-order valence-corrected chi connectivity index (χ2v) is 4.68.